The molecule has 0 aromatic carbocycles. The highest BCUT2D eigenvalue weighted by Crippen LogP contribution is 2.47. The monoisotopic (exact) mass is 232 g/mol. The average Bonchev–Trinajstić information content (AvgIpc) is 2.29. The van der Waals surface area contributed by atoms with Gasteiger partial charge in [0.15, 0.2) is 0 Å². The third-order valence-corrected chi connectivity index (χ3v) is 4.36. The van der Waals surface area contributed by atoms with Crippen LogP contribution < -0.4 is 5.32 Å². The summed E-state index contributed by atoms with van der Waals surface area (Å²) in [5.74, 6) is 0. The number of nitrogens with zero attached hydrogens (tertiary/aromatic N) is 1. The van der Waals surface area contributed by atoms with Crippen LogP contribution >= 0.6 is 0 Å². The van der Waals surface area contributed by atoms with Crippen molar-refractivity contribution in [3.05, 3.63) is 29.6 Å². The Hall–Kier alpha value is -0.890. The van der Waals surface area contributed by atoms with Gasteiger partial charge in [0, 0.05) is 17.3 Å². The van der Waals surface area contributed by atoms with Crippen molar-refractivity contribution in [2.75, 3.05) is 13.1 Å². The van der Waals surface area contributed by atoms with Crippen LogP contribution in [0.25, 0.3) is 0 Å². The number of hydrogen-bond donors (Lipinski definition) is 1. The molecule has 0 atom stereocenters. The lowest BCUT2D eigenvalue weighted by atomic mass is 9.58. The maximum absolute atomic E-state index is 4.49. The van der Waals surface area contributed by atoms with Crippen molar-refractivity contribution in [1.29, 1.82) is 0 Å². The summed E-state index contributed by atoms with van der Waals surface area (Å²) in [5.41, 5.74) is 3.08. The van der Waals surface area contributed by atoms with Gasteiger partial charge in [-0.3, -0.25) is 4.98 Å². The Morgan fingerprint density at radius 2 is 1.82 bits per heavy atom. The molecular weight excluding hydrogens is 208 g/mol. The molecule has 17 heavy (non-hydrogen) atoms. The summed E-state index contributed by atoms with van der Waals surface area (Å²) in [7, 11) is 0. The van der Waals surface area contributed by atoms with E-state index in [1.807, 2.05) is 0 Å². The van der Waals surface area contributed by atoms with E-state index in [0.29, 0.717) is 0 Å². The molecule has 2 nitrogen and oxygen atoms in total. The van der Waals surface area contributed by atoms with E-state index < -0.39 is 0 Å². The third kappa shape index (κ3) is 2.23. The maximum atomic E-state index is 4.49. The number of hydrogen-bond acceptors (Lipinski definition) is 2. The second-order valence-corrected chi connectivity index (χ2v) is 6.27. The smallest absolute Gasteiger partial charge is 0.0372 e. The SMILES string of the molecule is Cc1ccc(C2(C(C)(C)C)CCNCC2)cn1. The maximum Gasteiger partial charge on any atom is 0.0372 e. The Morgan fingerprint density at radius 3 is 2.29 bits per heavy atom. The quantitative estimate of drug-likeness (QED) is 0.805. The van der Waals surface area contributed by atoms with Crippen LogP contribution in [0.3, 0.4) is 0 Å². The average molecular weight is 232 g/mol. The highest BCUT2D eigenvalue weighted by atomic mass is 14.9. The van der Waals surface area contributed by atoms with E-state index in [9.17, 15) is 0 Å². The molecule has 1 saturated heterocycles. The molecule has 1 aromatic rings. The zero-order valence-electron chi connectivity index (χ0n) is 11.5. The van der Waals surface area contributed by atoms with Gasteiger partial charge in [-0.15, -0.1) is 0 Å². The Labute approximate surface area is 105 Å². The van der Waals surface area contributed by atoms with Crippen LogP contribution in [0.4, 0.5) is 0 Å². The van der Waals surface area contributed by atoms with E-state index in [0.717, 1.165) is 18.8 Å². The lowest BCUT2D eigenvalue weighted by Crippen LogP contribution is -2.48. The van der Waals surface area contributed by atoms with Crippen LogP contribution in [0.5, 0.6) is 0 Å². The van der Waals surface area contributed by atoms with Crippen LogP contribution in [-0.2, 0) is 5.41 Å². The van der Waals surface area contributed by atoms with Crippen LogP contribution in [0, 0.1) is 12.3 Å². The fourth-order valence-electron chi connectivity index (χ4n) is 3.08. The van der Waals surface area contributed by atoms with Crippen molar-refractivity contribution in [3.63, 3.8) is 0 Å². The number of aryl methyl sites for hydroxylation is 1. The van der Waals surface area contributed by atoms with Crippen LogP contribution in [0.1, 0.15) is 44.9 Å². The summed E-state index contributed by atoms with van der Waals surface area (Å²) in [6.07, 6.45) is 4.51. The highest BCUT2D eigenvalue weighted by Gasteiger charge is 2.43. The second-order valence-electron chi connectivity index (χ2n) is 6.27. The number of nitrogens with one attached hydrogen (secondary N) is 1. The molecular formula is C15H24N2. The van der Waals surface area contributed by atoms with E-state index in [1.165, 1.54) is 18.4 Å². The topological polar surface area (TPSA) is 24.9 Å². The van der Waals surface area contributed by atoms with Gasteiger partial charge in [-0.05, 0) is 49.9 Å². The van der Waals surface area contributed by atoms with E-state index in [4.69, 9.17) is 0 Å². The first-order chi connectivity index (χ1) is 7.96. The van der Waals surface area contributed by atoms with Crippen LogP contribution in [0.15, 0.2) is 18.3 Å². The molecule has 0 radical (unpaired) electrons. The Bertz CT molecular complexity index is 367. The summed E-state index contributed by atoms with van der Waals surface area (Å²) in [4.78, 5) is 4.49. The lowest BCUT2D eigenvalue weighted by molar-refractivity contribution is 0.134. The van der Waals surface area contributed by atoms with Crippen molar-refractivity contribution in [2.24, 2.45) is 5.41 Å². The normalized spacial score (nSPS) is 20.2. The van der Waals surface area contributed by atoms with Gasteiger partial charge in [0.05, 0.1) is 0 Å². The van der Waals surface area contributed by atoms with Crippen molar-refractivity contribution in [2.45, 2.75) is 46.0 Å². The molecule has 94 valence electrons. The predicted octanol–water partition coefficient (Wildman–Crippen LogP) is 3.06. The van der Waals surface area contributed by atoms with Crippen molar-refractivity contribution in [1.82, 2.24) is 10.3 Å². The molecule has 0 unspecified atom stereocenters. The standard InChI is InChI=1S/C15H24N2/c1-12-5-6-13(11-17-12)15(14(2,3)4)7-9-16-10-8-15/h5-6,11,16H,7-10H2,1-4H3. The van der Waals surface area contributed by atoms with E-state index in [1.54, 1.807) is 0 Å². The Morgan fingerprint density at radius 1 is 1.18 bits per heavy atom. The molecule has 1 aromatic heterocycles. The number of piperidine rings is 1. The fraction of sp³-hybridized carbons (Fsp3) is 0.667. The Balaban J connectivity index is 2.43. The molecule has 2 rings (SSSR count). The van der Waals surface area contributed by atoms with Gasteiger partial charge in [0.25, 0.3) is 0 Å². The lowest BCUT2D eigenvalue weighted by Gasteiger charge is -2.48. The van der Waals surface area contributed by atoms with Gasteiger partial charge in [0.2, 0.25) is 0 Å². The number of pyridine rings is 1. The minimum atomic E-state index is 0.277. The van der Waals surface area contributed by atoms with Gasteiger partial charge >= 0.3 is 0 Å². The summed E-state index contributed by atoms with van der Waals surface area (Å²) < 4.78 is 0. The minimum absolute atomic E-state index is 0.277. The van der Waals surface area contributed by atoms with Crippen molar-refractivity contribution < 1.29 is 0 Å². The molecule has 0 spiro atoms. The zero-order valence-corrected chi connectivity index (χ0v) is 11.5. The molecule has 1 aliphatic heterocycles. The van der Waals surface area contributed by atoms with Gasteiger partial charge in [-0.25, -0.2) is 0 Å². The first kappa shape index (κ1) is 12.6. The Kier molecular flexibility index (Phi) is 3.26. The zero-order chi connectivity index (χ0) is 12.5. The predicted molar refractivity (Wildman–Crippen MR) is 72.2 cm³/mol. The molecule has 0 aliphatic carbocycles. The summed E-state index contributed by atoms with van der Waals surface area (Å²) in [6, 6.07) is 4.42. The van der Waals surface area contributed by atoms with E-state index >= 15 is 0 Å². The second kappa shape index (κ2) is 4.41. The minimum Gasteiger partial charge on any atom is -0.317 e. The van der Waals surface area contributed by atoms with Gasteiger partial charge < -0.3 is 5.32 Å². The largest absolute Gasteiger partial charge is 0.317 e. The molecule has 0 bridgehead atoms. The van der Waals surface area contributed by atoms with Gasteiger partial charge in [0.1, 0.15) is 0 Å². The van der Waals surface area contributed by atoms with Crippen molar-refractivity contribution >= 4 is 0 Å². The summed E-state index contributed by atoms with van der Waals surface area (Å²) >= 11 is 0. The van der Waals surface area contributed by atoms with Crippen molar-refractivity contribution in [3.8, 4) is 0 Å². The van der Waals surface area contributed by atoms with Gasteiger partial charge in [-0.1, -0.05) is 26.8 Å². The van der Waals surface area contributed by atoms with Gasteiger partial charge in [-0.2, -0.15) is 0 Å². The molecule has 1 N–H and O–H groups in total. The van der Waals surface area contributed by atoms with E-state index in [2.05, 4.69) is 56.3 Å². The number of aromatic nitrogens is 1. The van der Waals surface area contributed by atoms with E-state index in [-0.39, 0.29) is 10.8 Å². The number of rotatable bonds is 1. The molecule has 2 heterocycles. The first-order valence-corrected chi connectivity index (χ1v) is 6.60. The first-order valence-electron chi connectivity index (χ1n) is 6.60. The van der Waals surface area contributed by atoms with Crippen LogP contribution in [-0.4, -0.2) is 18.1 Å². The summed E-state index contributed by atoms with van der Waals surface area (Å²) in [6.45, 7) is 11.4. The molecule has 1 aliphatic rings. The highest BCUT2D eigenvalue weighted by molar-refractivity contribution is 5.27. The molecule has 1 fully saturated rings. The molecule has 0 amide bonds. The fourth-order valence-corrected chi connectivity index (χ4v) is 3.08. The molecule has 2 heteroatoms. The molecule has 0 saturated carbocycles. The van der Waals surface area contributed by atoms with Crippen LogP contribution in [0.2, 0.25) is 0 Å². The summed E-state index contributed by atoms with van der Waals surface area (Å²) in [5, 5.41) is 3.47. The third-order valence-electron chi connectivity index (χ3n) is 4.36.